The van der Waals surface area contributed by atoms with Crippen LogP contribution in [0.1, 0.15) is 31.2 Å². The second-order valence-electron chi connectivity index (χ2n) is 7.10. The molecule has 0 saturated heterocycles. The third-order valence-corrected chi connectivity index (χ3v) is 5.67. The summed E-state index contributed by atoms with van der Waals surface area (Å²) < 4.78 is 0. The summed E-state index contributed by atoms with van der Waals surface area (Å²) in [6.07, 6.45) is 4.37. The molecule has 4 unspecified atom stereocenters. The van der Waals surface area contributed by atoms with Gasteiger partial charge in [0.25, 0.3) is 0 Å². The van der Waals surface area contributed by atoms with Gasteiger partial charge < -0.3 is 15.1 Å². The van der Waals surface area contributed by atoms with E-state index in [1.807, 2.05) is 14.1 Å². The number of aromatic hydroxyl groups is 1. The van der Waals surface area contributed by atoms with Gasteiger partial charge in [0.15, 0.2) is 0 Å². The van der Waals surface area contributed by atoms with E-state index < -0.39 is 5.60 Å². The van der Waals surface area contributed by atoms with Crippen molar-refractivity contribution < 1.29 is 10.2 Å². The van der Waals surface area contributed by atoms with Gasteiger partial charge in [-0.05, 0) is 63.4 Å². The molecule has 0 heterocycles. The van der Waals surface area contributed by atoms with Crippen LogP contribution in [-0.4, -0.2) is 35.8 Å². The van der Waals surface area contributed by atoms with Gasteiger partial charge in [0.05, 0.1) is 5.60 Å². The molecule has 5 heteroatoms. The van der Waals surface area contributed by atoms with Gasteiger partial charge in [-0.1, -0.05) is 18.0 Å². The van der Waals surface area contributed by atoms with Gasteiger partial charge >= 0.3 is 0 Å². The molecule has 2 fully saturated rings. The highest BCUT2D eigenvalue weighted by Gasteiger charge is 2.52. The summed E-state index contributed by atoms with van der Waals surface area (Å²) in [5, 5.41) is 21.9. The molecule has 22 heavy (non-hydrogen) atoms. The molecule has 1 aromatic rings. The highest BCUT2D eigenvalue weighted by molar-refractivity contribution is 6.31. The number of hydrogen-bond acceptors (Lipinski definition) is 3. The third kappa shape index (κ3) is 3.09. The Bertz CT molecular complexity index is 537. The van der Waals surface area contributed by atoms with E-state index in [1.54, 1.807) is 18.2 Å². The SMILES string of the molecule is CN(C)CC1C2CCC(C2)CC1(O)c1cc(O)ccc1Cl.Cl. The molecule has 0 radical (unpaired) electrons. The van der Waals surface area contributed by atoms with Crippen molar-refractivity contribution >= 4 is 24.0 Å². The summed E-state index contributed by atoms with van der Waals surface area (Å²) in [7, 11) is 4.09. The molecule has 0 aromatic heterocycles. The number of fused-ring (bicyclic) bond motifs is 2. The molecule has 0 amide bonds. The summed E-state index contributed by atoms with van der Waals surface area (Å²) in [5.74, 6) is 1.47. The number of rotatable bonds is 3. The van der Waals surface area contributed by atoms with E-state index >= 15 is 0 Å². The Morgan fingerprint density at radius 1 is 1.32 bits per heavy atom. The number of benzene rings is 1. The summed E-state index contributed by atoms with van der Waals surface area (Å²) in [4.78, 5) is 2.14. The predicted molar refractivity (Wildman–Crippen MR) is 91.8 cm³/mol. The monoisotopic (exact) mass is 345 g/mol. The average Bonchev–Trinajstić information content (AvgIpc) is 2.81. The zero-order chi connectivity index (χ0) is 15.2. The van der Waals surface area contributed by atoms with E-state index in [1.165, 1.54) is 19.3 Å². The van der Waals surface area contributed by atoms with Crippen LogP contribution in [0.25, 0.3) is 0 Å². The van der Waals surface area contributed by atoms with Gasteiger partial charge in [0.2, 0.25) is 0 Å². The maximum absolute atomic E-state index is 11.5. The highest BCUT2D eigenvalue weighted by atomic mass is 35.5. The van der Waals surface area contributed by atoms with Gasteiger partial charge in [-0.3, -0.25) is 0 Å². The van der Waals surface area contributed by atoms with Gasteiger partial charge in [0.1, 0.15) is 5.75 Å². The summed E-state index contributed by atoms with van der Waals surface area (Å²) in [5.41, 5.74) is -0.225. The van der Waals surface area contributed by atoms with Crippen LogP contribution in [0.2, 0.25) is 5.02 Å². The number of halogens is 2. The van der Waals surface area contributed by atoms with E-state index in [9.17, 15) is 10.2 Å². The third-order valence-electron chi connectivity index (χ3n) is 5.34. The summed E-state index contributed by atoms with van der Waals surface area (Å²) in [6, 6.07) is 4.91. The van der Waals surface area contributed by atoms with Gasteiger partial charge in [-0.25, -0.2) is 0 Å². The van der Waals surface area contributed by atoms with Crippen molar-refractivity contribution in [1.82, 2.24) is 4.90 Å². The Morgan fingerprint density at radius 2 is 2.05 bits per heavy atom. The molecule has 3 nitrogen and oxygen atoms in total. The van der Waals surface area contributed by atoms with Crippen LogP contribution < -0.4 is 0 Å². The van der Waals surface area contributed by atoms with Crippen molar-refractivity contribution in [2.45, 2.75) is 31.3 Å². The summed E-state index contributed by atoms with van der Waals surface area (Å²) >= 11 is 6.35. The minimum absolute atomic E-state index is 0. The van der Waals surface area contributed by atoms with Gasteiger partial charge in [0, 0.05) is 23.0 Å². The van der Waals surface area contributed by atoms with Crippen LogP contribution in [-0.2, 0) is 5.60 Å². The zero-order valence-electron chi connectivity index (χ0n) is 13.1. The molecule has 0 aliphatic heterocycles. The molecule has 2 aliphatic rings. The zero-order valence-corrected chi connectivity index (χ0v) is 14.7. The second kappa shape index (κ2) is 6.56. The Hall–Kier alpha value is -0.480. The first-order valence-corrected chi connectivity index (χ1v) is 8.14. The number of nitrogens with zero attached hydrogens (tertiary/aromatic N) is 1. The van der Waals surface area contributed by atoms with Gasteiger partial charge in [-0.2, -0.15) is 0 Å². The van der Waals surface area contributed by atoms with Crippen molar-refractivity contribution in [3.05, 3.63) is 28.8 Å². The first kappa shape index (κ1) is 17.9. The Morgan fingerprint density at radius 3 is 2.73 bits per heavy atom. The molecule has 0 spiro atoms. The minimum Gasteiger partial charge on any atom is -0.508 e. The van der Waals surface area contributed by atoms with Crippen LogP contribution in [0.4, 0.5) is 0 Å². The van der Waals surface area contributed by atoms with E-state index in [0.717, 1.165) is 13.0 Å². The topological polar surface area (TPSA) is 43.7 Å². The average molecular weight is 346 g/mol. The largest absolute Gasteiger partial charge is 0.508 e. The molecule has 1 aromatic carbocycles. The van der Waals surface area contributed by atoms with E-state index in [-0.39, 0.29) is 24.1 Å². The lowest BCUT2D eigenvalue weighted by molar-refractivity contribution is -0.0891. The maximum atomic E-state index is 11.5. The van der Waals surface area contributed by atoms with Crippen molar-refractivity contribution in [2.24, 2.45) is 17.8 Å². The Kier molecular flexibility index (Phi) is 5.33. The van der Waals surface area contributed by atoms with Gasteiger partial charge in [-0.15, -0.1) is 12.4 Å². The first-order chi connectivity index (χ1) is 9.90. The fraction of sp³-hybridized carbons (Fsp3) is 0.647. The predicted octanol–water partition coefficient (Wildman–Crippen LogP) is 3.65. The van der Waals surface area contributed by atoms with E-state index in [4.69, 9.17) is 11.6 Å². The standard InChI is InChI=1S/C17H24ClNO2.ClH/c1-19(2)10-15-12-4-3-11(7-12)9-17(15,21)14-8-13(20)5-6-16(14)18;/h5-6,8,11-12,15,20-21H,3-4,7,9-10H2,1-2H3;1H. The highest BCUT2D eigenvalue weighted by Crippen LogP contribution is 2.55. The Balaban J connectivity index is 0.00000176. The molecule has 2 bridgehead atoms. The number of hydrogen-bond donors (Lipinski definition) is 2. The molecule has 124 valence electrons. The van der Waals surface area contributed by atoms with Crippen molar-refractivity contribution in [1.29, 1.82) is 0 Å². The Labute approximate surface area is 143 Å². The smallest absolute Gasteiger partial charge is 0.116 e. The van der Waals surface area contributed by atoms with Crippen LogP contribution in [0.5, 0.6) is 5.75 Å². The van der Waals surface area contributed by atoms with Crippen molar-refractivity contribution in [2.75, 3.05) is 20.6 Å². The van der Waals surface area contributed by atoms with E-state index in [2.05, 4.69) is 4.90 Å². The number of phenols is 1. The maximum Gasteiger partial charge on any atom is 0.116 e. The molecule has 4 atom stereocenters. The normalized spacial score (nSPS) is 33.8. The molecule has 2 N–H and O–H groups in total. The van der Waals surface area contributed by atoms with E-state index in [0.29, 0.717) is 22.4 Å². The number of aliphatic hydroxyl groups is 1. The van der Waals surface area contributed by atoms with Crippen LogP contribution in [0.3, 0.4) is 0 Å². The number of phenolic OH excluding ortho intramolecular Hbond substituents is 1. The first-order valence-electron chi connectivity index (χ1n) is 7.76. The quantitative estimate of drug-likeness (QED) is 0.878. The molecular formula is C17H25Cl2NO2. The van der Waals surface area contributed by atoms with Crippen LogP contribution >= 0.6 is 24.0 Å². The molecule has 2 aliphatic carbocycles. The fourth-order valence-corrected chi connectivity index (χ4v) is 4.78. The molecule has 3 rings (SSSR count). The van der Waals surface area contributed by atoms with Crippen LogP contribution in [0, 0.1) is 17.8 Å². The van der Waals surface area contributed by atoms with Crippen molar-refractivity contribution in [3.63, 3.8) is 0 Å². The molecule has 2 saturated carbocycles. The van der Waals surface area contributed by atoms with Crippen molar-refractivity contribution in [3.8, 4) is 5.75 Å². The minimum atomic E-state index is -0.926. The second-order valence-corrected chi connectivity index (χ2v) is 7.51. The lowest BCUT2D eigenvalue weighted by atomic mass is 9.66. The molecular weight excluding hydrogens is 321 g/mol. The van der Waals surface area contributed by atoms with Crippen LogP contribution in [0.15, 0.2) is 18.2 Å². The lowest BCUT2D eigenvalue weighted by Crippen LogP contribution is -2.47. The summed E-state index contributed by atoms with van der Waals surface area (Å²) in [6.45, 7) is 0.847. The lowest BCUT2D eigenvalue weighted by Gasteiger charge is -2.45. The fourth-order valence-electron chi connectivity index (χ4n) is 4.49.